The molecule has 2 aromatic rings. The molecule has 1 N–H and O–H groups in total. The van der Waals surface area contributed by atoms with Crippen molar-refractivity contribution in [2.75, 3.05) is 6.61 Å². The zero-order chi connectivity index (χ0) is 17.1. The minimum absolute atomic E-state index is 0.0200. The van der Waals surface area contributed by atoms with Crippen LogP contribution in [0.25, 0.3) is 5.69 Å². The molecule has 128 valence electrons. The maximum absolute atomic E-state index is 12.1. The lowest BCUT2D eigenvalue weighted by molar-refractivity contribution is -0.123. The van der Waals surface area contributed by atoms with Crippen LogP contribution in [0, 0.1) is 13.8 Å². The average molecular weight is 327 g/mol. The van der Waals surface area contributed by atoms with Crippen LogP contribution in [-0.2, 0) is 9.53 Å². The third kappa shape index (κ3) is 3.85. The molecule has 0 radical (unpaired) electrons. The van der Waals surface area contributed by atoms with Gasteiger partial charge in [-0.05, 0) is 57.4 Å². The highest BCUT2D eigenvalue weighted by Gasteiger charge is 2.20. The zero-order valence-electron chi connectivity index (χ0n) is 14.6. The molecule has 1 fully saturated rings. The van der Waals surface area contributed by atoms with E-state index in [1.165, 1.54) is 0 Å². The summed E-state index contributed by atoms with van der Waals surface area (Å²) in [7, 11) is 0. The molecule has 1 aromatic carbocycles. The molecule has 5 heteroatoms. The van der Waals surface area contributed by atoms with Gasteiger partial charge in [0.1, 0.15) is 0 Å². The first kappa shape index (κ1) is 16.7. The van der Waals surface area contributed by atoms with E-state index in [1.54, 1.807) is 0 Å². The number of amides is 1. The van der Waals surface area contributed by atoms with E-state index in [-0.39, 0.29) is 18.1 Å². The van der Waals surface area contributed by atoms with Gasteiger partial charge in [-0.25, -0.2) is 4.68 Å². The Morgan fingerprint density at radius 3 is 2.71 bits per heavy atom. The van der Waals surface area contributed by atoms with Crippen LogP contribution >= 0.6 is 0 Å². The maximum Gasteiger partial charge on any atom is 0.223 e. The molecule has 0 aliphatic carbocycles. The monoisotopic (exact) mass is 327 g/mol. The summed E-state index contributed by atoms with van der Waals surface area (Å²) in [6.07, 6.45) is 2.58. The SMILES string of the molecule is Cc1cc(C)n(-c2ccc([C@@H](C)NC(=O)C[C@@H]3CCCO3)cc2)n1. The van der Waals surface area contributed by atoms with E-state index in [0.717, 1.165) is 42.1 Å². The number of aryl methyl sites for hydroxylation is 2. The molecule has 0 spiro atoms. The Morgan fingerprint density at radius 1 is 1.38 bits per heavy atom. The molecular weight excluding hydrogens is 302 g/mol. The fourth-order valence-corrected chi connectivity index (χ4v) is 3.19. The lowest BCUT2D eigenvalue weighted by Gasteiger charge is -2.16. The largest absolute Gasteiger partial charge is 0.378 e. The molecule has 5 nitrogen and oxygen atoms in total. The van der Waals surface area contributed by atoms with Gasteiger partial charge in [0.25, 0.3) is 0 Å². The number of nitrogens with one attached hydrogen (secondary N) is 1. The normalized spacial score (nSPS) is 18.5. The number of hydrogen-bond donors (Lipinski definition) is 1. The van der Waals surface area contributed by atoms with Crippen molar-refractivity contribution in [1.82, 2.24) is 15.1 Å². The van der Waals surface area contributed by atoms with Crippen LogP contribution in [0.1, 0.15) is 49.2 Å². The highest BCUT2D eigenvalue weighted by molar-refractivity contribution is 5.77. The van der Waals surface area contributed by atoms with Crippen LogP contribution in [0.5, 0.6) is 0 Å². The Labute approximate surface area is 143 Å². The van der Waals surface area contributed by atoms with Gasteiger partial charge in [0.15, 0.2) is 0 Å². The average Bonchev–Trinajstić information content (AvgIpc) is 3.16. The highest BCUT2D eigenvalue weighted by atomic mass is 16.5. The van der Waals surface area contributed by atoms with Gasteiger partial charge in [-0.15, -0.1) is 0 Å². The second kappa shape index (κ2) is 7.18. The second-order valence-corrected chi connectivity index (χ2v) is 6.56. The molecule has 3 rings (SSSR count). The maximum atomic E-state index is 12.1. The summed E-state index contributed by atoms with van der Waals surface area (Å²) >= 11 is 0. The molecule has 1 aliphatic rings. The summed E-state index contributed by atoms with van der Waals surface area (Å²) in [4.78, 5) is 12.1. The number of ether oxygens (including phenoxy) is 1. The number of carbonyl (C=O) groups excluding carboxylic acids is 1. The lowest BCUT2D eigenvalue weighted by atomic mass is 10.1. The number of aromatic nitrogens is 2. The van der Waals surface area contributed by atoms with Gasteiger partial charge >= 0.3 is 0 Å². The number of rotatable bonds is 5. The van der Waals surface area contributed by atoms with Crippen molar-refractivity contribution < 1.29 is 9.53 Å². The molecule has 0 unspecified atom stereocenters. The predicted molar refractivity (Wildman–Crippen MR) is 93.2 cm³/mol. The molecule has 0 saturated carbocycles. The Kier molecular flexibility index (Phi) is 5.00. The van der Waals surface area contributed by atoms with E-state index in [2.05, 4.69) is 16.5 Å². The minimum atomic E-state index is -0.0200. The van der Waals surface area contributed by atoms with Gasteiger partial charge < -0.3 is 10.1 Å². The molecule has 24 heavy (non-hydrogen) atoms. The summed E-state index contributed by atoms with van der Waals surface area (Å²) in [5, 5.41) is 7.55. The summed E-state index contributed by atoms with van der Waals surface area (Å²) in [6.45, 7) is 6.82. The first-order valence-corrected chi connectivity index (χ1v) is 8.57. The van der Waals surface area contributed by atoms with Crippen LogP contribution in [-0.4, -0.2) is 28.4 Å². The van der Waals surface area contributed by atoms with Gasteiger partial charge in [-0.3, -0.25) is 4.79 Å². The van der Waals surface area contributed by atoms with E-state index >= 15 is 0 Å². The van der Waals surface area contributed by atoms with Crippen LogP contribution < -0.4 is 5.32 Å². The van der Waals surface area contributed by atoms with E-state index in [1.807, 2.05) is 49.7 Å². The predicted octanol–water partition coefficient (Wildman–Crippen LogP) is 3.24. The smallest absolute Gasteiger partial charge is 0.223 e. The van der Waals surface area contributed by atoms with E-state index in [9.17, 15) is 4.79 Å². The van der Waals surface area contributed by atoms with Crippen molar-refractivity contribution >= 4 is 5.91 Å². The first-order valence-electron chi connectivity index (χ1n) is 8.57. The zero-order valence-corrected chi connectivity index (χ0v) is 14.6. The fraction of sp³-hybridized carbons (Fsp3) is 0.474. The summed E-state index contributed by atoms with van der Waals surface area (Å²) < 4.78 is 7.45. The summed E-state index contributed by atoms with van der Waals surface area (Å²) in [6, 6.07) is 10.2. The standard InChI is InChI=1S/C19H25N3O2/c1-13-11-14(2)22(21-13)17-8-6-16(7-9-17)15(3)20-19(23)12-18-5-4-10-24-18/h6-9,11,15,18H,4-5,10,12H2,1-3H3,(H,20,23)/t15-,18+/m1/s1. The van der Waals surface area contributed by atoms with Gasteiger partial charge in [0.05, 0.1) is 29.9 Å². The quantitative estimate of drug-likeness (QED) is 0.917. The molecule has 1 saturated heterocycles. The van der Waals surface area contributed by atoms with Crippen LogP contribution in [0.3, 0.4) is 0 Å². The fourth-order valence-electron chi connectivity index (χ4n) is 3.19. The van der Waals surface area contributed by atoms with Crippen LogP contribution in [0.15, 0.2) is 30.3 Å². The van der Waals surface area contributed by atoms with Crippen molar-refractivity contribution in [3.05, 3.63) is 47.3 Å². The topological polar surface area (TPSA) is 56.2 Å². The van der Waals surface area contributed by atoms with Crippen molar-refractivity contribution in [1.29, 1.82) is 0 Å². The Balaban J connectivity index is 1.62. The number of hydrogen-bond acceptors (Lipinski definition) is 3. The minimum Gasteiger partial charge on any atom is -0.378 e. The molecular formula is C19H25N3O2. The number of nitrogens with zero attached hydrogens (tertiary/aromatic N) is 2. The van der Waals surface area contributed by atoms with Gasteiger partial charge in [0, 0.05) is 12.3 Å². The van der Waals surface area contributed by atoms with E-state index < -0.39 is 0 Å². The van der Waals surface area contributed by atoms with Gasteiger partial charge in [0.2, 0.25) is 5.91 Å². The van der Waals surface area contributed by atoms with Crippen LogP contribution in [0.2, 0.25) is 0 Å². The molecule has 1 amide bonds. The van der Waals surface area contributed by atoms with Crippen molar-refractivity contribution in [2.45, 2.75) is 52.2 Å². The van der Waals surface area contributed by atoms with Crippen molar-refractivity contribution in [3.8, 4) is 5.69 Å². The van der Waals surface area contributed by atoms with Crippen LogP contribution in [0.4, 0.5) is 0 Å². The van der Waals surface area contributed by atoms with Crippen molar-refractivity contribution in [2.24, 2.45) is 0 Å². The molecule has 1 aliphatic heterocycles. The van der Waals surface area contributed by atoms with Gasteiger partial charge in [-0.2, -0.15) is 5.10 Å². The number of carbonyl (C=O) groups is 1. The number of benzene rings is 1. The Hall–Kier alpha value is -2.14. The first-order chi connectivity index (χ1) is 11.5. The third-order valence-corrected chi connectivity index (χ3v) is 4.46. The Bertz CT molecular complexity index is 700. The third-order valence-electron chi connectivity index (χ3n) is 4.46. The molecule has 1 aromatic heterocycles. The van der Waals surface area contributed by atoms with Crippen molar-refractivity contribution in [3.63, 3.8) is 0 Å². The van der Waals surface area contributed by atoms with Gasteiger partial charge in [-0.1, -0.05) is 12.1 Å². The summed E-state index contributed by atoms with van der Waals surface area (Å²) in [5.74, 6) is 0.0528. The van der Waals surface area contributed by atoms with E-state index in [0.29, 0.717) is 6.42 Å². The highest BCUT2D eigenvalue weighted by Crippen LogP contribution is 2.19. The lowest BCUT2D eigenvalue weighted by Crippen LogP contribution is -2.29. The second-order valence-electron chi connectivity index (χ2n) is 6.56. The molecule has 2 atom stereocenters. The molecule has 2 heterocycles. The molecule has 0 bridgehead atoms. The summed E-state index contributed by atoms with van der Waals surface area (Å²) in [5.41, 5.74) is 4.23. The Morgan fingerprint density at radius 2 is 2.12 bits per heavy atom. The van der Waals surface area contributed by atoms with E-state index in [4.69, 9.17) is 4.74 Å².